The average molecular weight is 487 g/mol. The first-order chi connectivity index (χ1) is 16.4. The van der Waals surface area contributed by atoms with Crippen LogP contribution in [0.3, 0.4) is 0 Å². The Balaban J connectivity index is 2.02. The van der Waals surface area contributed by atoms with E-state index < -0.39 is 10.1 Å². The third-order valence-electron chi connectivity index (χ3n) is 6.04. The van der Waals surface area contributed by atoms with Gasteiger partial charge in [-0.05, 0) is 42.7 Å². The van der Waals surface area contributed by atoms with Crippen molar-refractivity contribution in [2.45, 2.75) is 78.2 Å². The molecule has 188 valence electrons. The number of pyridine rings is 1. The van der Waals surface area contributed by atoms with E-state index in [4.69, 9.17) is 0 Å². The molecule has 2 aromatic rings. The highest BCUT2D eigenvalue weighted by atomic mass is 32.2. The fourth-order valence-corrected chi connectivity index (χ4v) is 4.55. The number of rotatable bonds is 17. The molecule has 0 atom stereocenters. The third kappa shape index (κ3) is 11.3. The van der Waals surface area contributed by atoms with E-state index in [1.165, 1.54) is 57.1 Å². The Morgan fingerprint density at radius 1 is 0.824 bits per heavy atom. The molecule has 2 rings (SSSR count). The summed E-state index contributed by atoms with van der Waals surface area (Å²) in [6.45, 7) is 7.23. The number of unbranched alkanes of at least 4 members (excludes halogenated alkanes) is 6. The second kappa shape index (κ2) is 15.7. The van der Waals surface area contributed by atoms with Crippen molar-refractivity contribution in [3.63, 3.8) is 0 Å². The number of aromatic nitrogens is 1. The Bertz CT molecular complexity index is 944. The summed E-state index contributed by atoms with van der Waals surface area (Å²) in [5.74, 6) is -0.340. The van der Waals surface area contributed by atoms with Crippen LogP contribution in [-0.2, 0) is 16.7 Å². The molecule has 0 spiro atoms. The van der Waals surface area contributed by atoms with Crippen LogP contribution in [-0.4, -0.2) is 31.8 Å². The molecule has 0 unspecified atom stereocenters. The summed E-state index contributed by atoms with van der Waals surface area (Å²) in [5, 5.41) is 0. The Labute approximate surface area is 207 Å². The summed E-state index contributed by atoms with van der Waals surface area (Å²) in [6, 6.07) is 14.6. The lowest BCUT2D eigenvalue weighted by Crippen LogP contribution is -2.37. The van der Waals surface area contributed by atoms with Crippen LogP contribution >= 0.6 is 0 Å². The van der Waals surface area contributed by atoms with Crippen molar-refractivity contribution in [3.05, 3.63) is 59.9 Å². The minimum atomic E-state index is -4.18. The molecule has 1 aromatic carbocycles. The van der Waals surface area contributed by atoms with Gasteiger partial charge in [-0.15, -0.1) is 0 Å². The van der Waals surface area contributed by atoms with Crippen LogP contribution in [0.4, 0.5) is 5.69 Å². The average Bonchev–Trinajstić information content (AvgIpc) is 2.82. The zero-order valence-corrected chi connectivity index (χ0v) is 21.8. The molecular weight excluding hydrogens is 444 g/mol. The van der Waals surface area contributed by atoms with Gasteiger partial charge >= 0.3 is 0 Å². The Hall–Kier alpha value is -2.18. The van der Waals surface area contributed by atoms with E-state index in [-0.39, 0.29) is 5.75 Å². The second-order valence-corrected chi connectivity index (χ2v) is 10.5. The smallest absolute Gasteiger partial charge is 0.205 e. The molecule has 1 heterocycles. The molecule has 0 saturated carbocycles. The molecule has 6 heteroatoms. The van der Waals surface area contributed by atoms with E-state index in [0.717, 1.165) is 24.3 Å². The van der Waals surface area contributed by atoms with Gasteiger partial charge in [-0.3, -0.25) is 0 Å². The van der Waals surface area contributed by atoms with Crippen molar-refractivity contribution < 1.29 is 17.5 Å². The molecule has 0 aliphatic heterocycles. The third-order valence-corrected chi connectivity index (χ3v) is 6.83. The van der Waals surface area contributed by atoms with Crippen LogP contribution in [0.1, 0.15) is 82.9 Å². The van der Waals surface area contributed by atoms with Gasteiger partial charge in [-0.2, -0.15) is 4.57 Å². The molecule has 0 radical (unpaired) electrons. The highest BCUT2D eigenvalue weighted by molar-refractivity contribution is 7.85. The lowest BCUT2D eigenvalue weighted by molar-refractivity contribution is -0.698. The number of hydrogen-bond acceptors (Lipinski definition) is 4. The standard InChI is InChI=1S/C28H42N2O3S/c1-3-5-7-10-21-29(22-11-8-6-4-2)28-19-16-26(17-20-28)15-18-27-14-9-12-23-30(27)24-13-25-34(31,32)33/h9,12,14-20,23H,3-8,10-11,13,21-22,24-25H2,1-2H3. The van der Waals surface area contributed by atoms with Gasteiger partial charge in [0.15, 0.2) is 6.20 Å². The van der Waals surface area contributed by atoms with E-state index in [1.54, 1.807) is 0 Å². The number of hydrogen-bond donors (Lipinski definition) is 0. The van der Waals surface area contributed by atoms with Gasteiger partial charge in [0.25, 0.3) is 0 Å². The summed E-state index contributed by atoms with van der Waals surface area (Å²) in [5.41, 5.74) is 3.39. The molecule has 0 amide bonds. The van der Waals surface area contributed by atoms with Crippen molar-refractivity contribution in [3.8, 4) is 0 Å². The van der Waals surface area contributed by atoms with Gasteiger partial charge in [-0.25, -0.2) is 8.42 Å². The van der Waals surface area contributed by atoms with Gasteiger partial charge < -0.3 is 9.45 Å². The lowest BCUT2D eigenvalue weighted by atomic mass is 10.1. The van der Waals surface area contributed by atoms with E-state index in [0.29, 0.717) is 13.0 Å². The van der Waals surface area contributed by atoms with Gasteiger partial charge in [0, 0.05) is 49.2 Å². The highest BCUT2D eigenvalue weighted by Crippen LogP contribution is 2.19. The van der Waals surface area contributed by atoms with Crippen LogP contribution in [0.15, 0.2) is 48.7 Å². The van der Waals surface area contributed by atoms with Crippen LogP contribution in [0, 0.1) is 0 Å². The molecule has 0 fully saturated rings. The fourth-order valence-electron chi connectivity index (χ4n) is 4.06. The van der Waals surface area contributed by atoms with Crippen LogP contribution in [0.5, 0.6) is 0 Å². The molecule has 5 nitrogen and oxygen atoms in total. The van der Waals surface area contributed by atoms with E-state index in [2.05, 4.69) is 49.1 Å². The SMILES string of the molecule is CCCCCCN(CCCCCC)c1ccc(/C=C/c2cccc[n+]2CCCS(=O)(=O)[O-])cc1. The maximum atomic E-state index is 10.9. The van der Waals surface area contributed by atoms with Gasteiger partial charge in [0.1, 0.15) is 6.54 Å². The van der Waals surface area contributed by atoms with E-state index >= 15 is 0 Å². The van der Waals surface area contributed by atoms with Crippen LogP contribution in [0.2, 0.25) is 0 Å². The van der Waals surface area contributed by atoms with Crippen molar-refractivity contribution in [1.82, 2.24) is 0 Å². The predicted molar refractivity (Wildman–Crippen MR) is 142 cm³/mol. The molecule has 34 heavy (non-hydrogen) atoms. The number of nitrogens with zero attached hydrogens (tertiary/aromatic N) is 2. The maximum Gasteiger partial charge on any atom is 0.205 e. The zero-order chi connectivity index (χ0) is 24.7. The molecule has 1 aromatic heterocycles. The maximum absolute atomic E-state index is 10.9. The first-order valence-electron chi connectivity index (χ1n) is 12.9. The second-order valence-electron chi connectivity index (χ2n) is 8.97. The Kier molecular flexibility index (Phi) is 12.9. The summed E-state index contributed by atoms with van der Waals surface area (Å²) >= 11 is 0. The summed E-state index contributed by atoms with van der Waals surface area (Å²) in [4.78, 5) is 2.54. The van der Waals surface area contributed by atoms with Crippen molar-refractivity contribution in [2.75, 3.05) is 23.7 Å². The fraction of sp³-hybridized carbons (Fsp3) is 0.536. The monoisotopic (exact) mass is 486 g/mol. The van der Waals surface area contributed by atoms with E-state index in [9.17, 15) is 13.0 Å². The van der Waals surface area contributed by atoms with Crippen LogP contribution < -0.4 is 9.47 Å². The largest absolute Gasteiger partial charge is 0.748 e. The summed E-state index contributed by atoms with van der Waals surface area (Å²) in [7, 11) is -4.18. The predicted octanol–water partition coefficient (Wildman–Crippen LogP) is 6.05. The van der Waals surface area contributed by atoms with E-state index in [1.807, 2.05) is 35.0 Å². The summed E-state index contributed by atoms with van der Waals surface area (Å²) < 4.78 is 34.6. The first kappa shape index (κ1) is 28.1. The minimum absolute atomic E-state index is 0.308. The summed E-state index contributed by atoms with van der Waals surface area (Å²) in [6.07, 6.45) is 16.5. The number of anilines is 1. The molecular formula is C28H42N2O3S. The molecule has 0 aliphatic carbocycles. The first-order valence-corrected chi connectivity index (χ1v) is 14.5. The van der Waals surface area contributed by atoms with Crippen LogP contribution in [0.25, 0.3) is 12.2 Å². The molecule has 0 N–H and O–H groups in total. The number of benzene rings is 1. The normalized spacial score (nSPS) is 11.9. The Morgan fingerprint density at radius 2 is 1.47 bits per heavy atom. The number of aryl methyl sites for hydroxylation is 1. The topological polar surface area (TPSA) is 64.3 Å². The Morgan fingerprint density at radius 3 is 2.06 bits per heavy atom. The molecule has 0 aliphatic rings. The van der Waals surface area contributed by atoms with Gasteiger partial charge in [-0.1, -0.05) is 64.5 Å². The van der Waals surface area contributed by atoms with Gasteiger partial charge in [0.2, 0.25) is 5.69 Å². The quantitative estimate of drug-likeness (QED) is 0.155. The highest BCUT2D eigenvalue weighted by Gasteiger charge is 2.09. The lowest BCUT2D eigenvalue weighted by Gasteiger charge is -2.25. The minimum Gasteiger partial charge on any atom is -0.748 e. The molecule has 0 bridgehead atoms. The molecule has 0 saturated heterocycles. The van der Waals surface area contributed by atoms with Crippen molar-refractivity contribution in [1.29, 1.82) is 0 Å². The van der Waals surface area contributed by atoms with Crippen molar-refractivity contribution in [2.24, 2.45) is 0 Å². The van der Waals surface area contributed by atoms with Gasteiger partial charge in [0.05, 0.1) is 10.1 Å². The zero-order valence-electron chi connectivity index (χ0n) is 21.0. The van der Waals surface area contributed by atoms with Crippen molar-refractivity contribution >= 4 is 28.0 Å².